The molecule has 0 aliphatic heterocycles. The minimum Gasteiger partial charge on any atom is -0.382 e. The molecule has 1 aromatic heterocycles. The van der Waals surface area contributed by atoms with Crippen molar-refractivity contribution in [2.24, 2.45) is 0 Å². The first-order valence-electron chi connectivity index (χ1n) is 8.18. The average molecular weight is 376 g/mol. The molecule has 0 unspecified atom stereocenters. The molecule has 0 saturated heterocycles. The zero-order valence-corrected chi connectivity index (χ0v) is 14.9. The quantitative estimate of drug-likeness (QED) is 0.693. The van der Waals surface area contributed by atoms with E-state index in [0.717, 1.165) is 0 Å². The van der Waals surface area contributed by atoms with Crippen molar-refractivity contribution in [1.82, 2.24) is 14.8 Å². The zero-order chi connectivity index (χ0) is 18.8. The third-order valence-corrected chi connectivity index (χ3v) is 4.95. The van der Waals surface area contributed by atoms with Gasteiger partial charge in [0.05, 0.1) is 6.54 Å². The molecule has 1 heterocycles. The van der Waals surface area contributed by atoms with Crippen LogP contribution >= 0.6 is 11.6 Å². The van der Waals surface area contributed by atoms with Crippen molar-refractivity contribution in [2.45, 2.75) is 31.1 Å². The largest absolute Gasteiger partial charge is 0.382 e. The molecule has 2 atom stereocenters. The summed E-state index contributed by atoms with van der Waals surface area (Å²) in [5.74, 6) is -0.418. The van der Waals surface area contributed by atoms with Crippen LogP contribution in [0.1, 0.15) is 24.5 Å². The van der Waals surface area contributed by atoms with Crippen molar-refractivity contribution in [2.75, 3.05) is 0 Å². The molecule has 0 amide bonds. The molecule has 0 saturated carbocycles. The third kappa shape index (κ3) is 3.23. The first-order chi connectivity index (χ1) is 12.4. The number of rotatable bonds is 6. The van der Waals surface area contributed by atoms with Crippen LogP contribution in [-0.2, 0) is 17.7 Å². The van der Waals surface area contributed by atoms with Crippen LogP contribution in [0.3, 0.4) is 0 Å². The van der Waals surface area contributed by atoms with E-state index in [1.165, 1.54) is 41.6 Å². The third-order valence-electron chi connectivity index (χ3n) is 4.70. The molecule has 0 aliphatic carbocycles. The molecule has 0 spiro atoms. The number of benzene rings is 2. The molecule has 0 bridgehead atoms. The monoisotopic (exact) mass is 375 g/mol. The molecular weight excluding hydrogens is 357 g/mol. The predicted molar refractivity (Wildman–Crippen MR) is 96.0 cm³/mol. The molecule has 2 aromatic carbocycles. The lowest BCUT2D eigenvalue weighted by Gasteiger charge is -2.44. The first kappa shape index (κ1) is 18.5. The Balaban J connectivity index is 2.16. The number of halogens is 2. The van der Waals surface area contributed by atoms with Gasteiger partial charge in [-0.2, -0.15) is 5.10 Å². The fourth-order valence-corrected chi connectivity index (χ4v) is 3.32. The minimum atomic E-state index is -1.75. The van der Waals surface area contributed by atoms with Crippen molar-refractivity contribution in [3.05, 3.63) is 83.2 Å². The van der Waals surface area contributed by atoms with Gasteiger partial charge in [0, 0.05) is 5.02 Å². The average Bonchev–Trinajstić information content (AvgIpc) is 3.14. The number of hydrogen-bond acceptors (Lipinski definition) is 4. The van der Waals surface area contributed by atoms with Crippen LogP contribution in [0.25, 0.3) is 0 Å². The van der Waals surface area contributed by atoms with Crippen LogP contribution in [0.4, 0.5) is 4.39 Å². The highest BCUT2D eigenvalue weighted by Crippen LogP contribution is 2.44. The van der Waals surface area contributed by atoms with E-state index >= 15 is 0 Å². The smallest absolute Gasteiger partial charge is 0.142 e. The van der Waals surface area contributed by atoms with Gasteiger partial charge < -0.3 is 10.2 Å². The van der Waals surface area contributed by atoms with Gasteiger partial charge >= 0.3 is 0 Å². The molecule has 7 heteroatoms. The van der Waals surface area contributed by atoms with Crippen LogP contribution in [0.5, 0.6) is 0 Å². The van der Waals surface area contributed by atoms with Crippen LogP contribution in [0.2, 0.25) is 5.02 Å². The Morgan fingerprint density at radius 3 is 2.12 bits per heavy atom. The van der Waals surface area contributed by atoms with E-state index < -0.39 is 17.0 Å². The predicted octanol–water partition coefficient (Wildman–Crippen LogP) is 3.26. The van der Waals surface area contributed by atoms with Crippen LogP contribution in [-0.4, -0.2) is 25.0 Å². The van der Waals surface area contributed by atoms with Gasteiger partial charge in [-0.1, -0.05) is 42.8 Å². The highest BCUT2D eigenvalue weighted by atomic mass is 35.5. The second kappa shape index (κ2) is 7.15. The van der Waals surface area contributed by atoms with Gasteiger partial charge in [-0.25, -0.2) is 14.1 Å². The SMILES string of the molecule is CC[C@@](O)(c1ccc(F)cc1)[C@](O)(Cn1cncn1)c1ccc(Cl)cc1. The Kier molecular flexibility index (Phi) is 5.09. The molecule has 5 nitrogen and oxygen atoms in total. The molecular formula is C19H19ClFN3O2. The molecule has 3 rings (SSSR count). The Morgan fingerprint density at radius 2 is 1.58 bits per heavy atom. The summed E-state index contributed by atoms with van der Waals surface area (Å²) in [6.45, 7) is 1.71. The summed E-state index contributed by atoms with van der Waals surface area (Å²) < 4.78 is 14.8. The summed E-state index contributed by atoms with van der Waals surface area (Å²) >= 11 is 5.97. The topological polar surface area (TPSA) is 71.2 Å². The van der Waals surface area contributed by atoms with Gasteiger partial charge in [-0.3, -0.25) is 0 Å². The van der Waals surface area contributed by atoms with E-state index in [2.05, 4.69) is 10.1 Å². The lowest BCUT2D eigenvalue weighted by atomic mass is 9.71. The van der Waals surface area contributed by atoms with Gasteiger partial charge in [-0.15, -0.1) is 0 Å². The van der Waals surface area contributed by atoms with E-state index in [1.807, 2.05) is 0 Å². The first-order valence-corrected chi connectivity index (χ1v) is 8.56. The van der Waals surface area contributed by atoms with Gasteiger partial charge in [0.25, 0.3) is 0 Å². The van der Waals surface area contributed by atoms with Crippen molar-refractivity contribution < 1.29 is 14.6 Å². The maximum Gasteiger partial charge on any atom is 0.142 e. The van der Waals surface area contributed by atoms with Gasteiger partial charge in [-0.05, 0) is 41.8 Å². The molecule has 136 valence electrons. The van der Waals surface area contributed by atoms with Crippen LogP contribution in [0, 0.1) is 5.82 Å². The lowest BCUT2D eigenvalue weighted by molar-refractivity contribution is -0.177. The molecule has 3 aromatic rings. The highest BCUT2D eigenvalue weighted by Gasteiger charge is 2.51. The Hall–Kier alpha value is -2.28. The van der Waals surface area contributed by atoms with E-state index in [1.54, 1.807) is 31.2 Å². The summed E-state index contributed by atoms with van der Waals surface area (Å²) in [5.41, 5.74) is -2.58. The van der Waals surface area contributed by atoms with E-state index in [0.29, 0.717) is 16.1 Å². The fourth-order valence-electron chi connectivity index (χ4n) is 3.20. The number of aromatic nitrogens is 3. The van der Waals surface area contributed by atoms with E-state index in [-0.39, 0.29) is 13.0 Å². The fraction of sp³-hybridized carbons (Fsp3) is 0.263. The van der Waals surface area contributed by atoms with Gasteiger partial charge in [0.15, 0.2) is 0 Å². The molecule has 0 aliphatic rings. The normalized spacial score (nSPS) is 16.0. The summed E-state index contributed by atoms with van der Waals surface area (Å²) in [7, 11) is 0. The van der Waals surface area contributed by atoms with Crippen molar-refractivity contribution >= 4 is 11.6 Å². The van der Waals surface area contributed by atoms with E-state index in [9.17, 15) is 14.6 Å². The standard InChI is InChI=1S/C19H19ClFN3O2/c1-2-18(25,14-5-9-17(21)10-6-14)19(26,11-24-13-22-12-23-24)15-3-7-16(20)8-4-15/h3-10,12-13,25-26H,2,11H2,1H3/t18-,19+/m1/s1. The highest BCUT2D eigenvalue weighted by molar-refractivity contribution is 6.30. The summed E-state index contributed by atoms with van der Waals surface area (Å²) in [4.78, 5) is 3.89. The minimum absolute atomic E-state index is 0.0453. The maximum atomic E-state index is 13.4. The zero-order valence-electron chi connectivity index (χ0n) is 14.2. The Morgan fingerprint density at radius 1 is 1.00 bits per heavy atom. The second-order valence-electron chi connectivity index (χ2n) is 6.18. The molecule has 26 heavy (non-hydrogen) atoms. The van der Waals surface area contributed by atoms with Gasteiger partial charge in [0.2, 0.25) is 0 Å². The molecule has 2 N–H and O–H groups in total. The lowest BCUT2D eigenvalue weighted by Crippen LogP contribution is -2.52. The Labute approximate surface area is 155 Å². The number of nitrogens with zero attached hydrogens (tertiary/aromatic N) is 3. The van der Waals surface area contributed by atoms with Crippen LogP contribution in [0.15, 0.2) is 61.2 Å². The summed E-state index contributed by atoms with van der Waals surface area (Å²) in [5, 5.41) is 27.8. The van der Waals surface area contributed by atoms with Gasteiger partial charge in [0.1, 0.15) is 29.7 Å². The molecule has 0 fully saturated rings. The second-order valence-corrected chi connectivity index (χ2v) is 6.62. The summed E-state index contributed by atoms with van der Waals surface area (Å²) in [6, 6.07) is 12.1. The van der Waals surface area contributed by atoms with Crippen molar-refractivity contribution in [3.63, 3.8) is 0 Å². The van der Waals surface area contributed by atoms with Crippen LogP contribution < -0.4 is 0 Å². The van der Waals surface area contributed by atoms with Crippen molar-refractivity contribution in [3.8, 4) is 0 Å². The van der Waals surface area contributed by atoms with Crippen molar-refractivity contribution in [1.29, 1.82) is 0 Å². The summed E-state index contributed by atoms with van der Waals surface area (Å²) in [6.07, 6.45) is 3.00. The Bertz CT molecular complexity index is 856. The number of hydrogen-bond donors (Lipinski definition) is 2. The van der Waals surface area contributed by atoms with E-state index in [4.69, 9.17) is 11.6 Å². The maximum absolute atomic E-state index is 13.4. The molecule has 0 radical (unpaired) electrons. The number of aliphatic hydroxyl groups is 2.